The number of hydrogen-bond donors (Lipinski definition) is 1. The van der Waals surface area contributed by atoms with Gasteiger partial charge in [-0.3, -0.25) is 4.79 Å². The lowest BCUT2D eigenvalue weighted by Crippen LogP contribution is -2.01. The van der Waals surface area contributed by atoms with Crippen molar-refractivity contribution < 1.29 is 9.53 Å². The van der Waals surface area contributed by atoms with E-state index in [-0.39, 0.29) is 11.1 Å². The quantitative estimate of drug-likeness (QED) is 0.805. The van der Waals surface area contributed by atoms with Crippen molar-refractivity contribution >= 4 is 44.8 Å². The highest BCUT2D eigenvalue weighted by Crippen LogP contribution is 2.27. The minimum atomic E-state index is -0.298. The van der Waals surface area contributed by atoms with E-state index in [0.29, 0.717) is 11.5 Å². The number of nitrogens with zero attached hydrogens (tertiary/aromatic N) is 1. The fourth-order valence-corrected chi connectivity index (χ4v) is 2.96. The van der Waals surface area contributed by atoms with E-state index in [9.17, 15) is 4.79 Å². The van der Waals surface area contributed by atoms with Gasteiger partial charge in [-0.05, 0) is 53.2 Å². The summed E-state index contributed by atoms with van der Waals surface area (Å²) in [7, 11) is 0. The summed E-state index contributed by atoms with van der Waals surface area (Å²) in [5.74, 6) is 0.445. The second-order valence-corrected chi connectivity index (χ2v) is 6.83. The number of rotatable bonds is 4. The minimum Gasteiger partial charge on any atom is -0.489 e. The molecule has 0 saturated heterocycles. The number of ether oxygens (including phenoxy) is 1. The molecule has 116 valence electrons. The molecule has 0 bridgehead atoms. The van der Waals surface area contributed by atoms with Gasteiger partial charge in [-0.15, -0.1) is 0 Å². The topological polar surface area (TPSA) is 64.7 Å². The molecular formula is C17H13BrN2O2S. The number of nitrogens with two attached hydrogens (primary N) is 1. The van der Waals surface area contributed by atoms with Crippen molar-refractivity contribution in [1.82, 2.24) is 0 Å². The van der Waals surface area contributed by atoms with Gasteiger partial charge in [0, 0.05) is 4.47 Å². The highest BCUT2D eigenvalue weighted by atomic mass is 79.9. The van der Waals surface area contributed by atoms with Crippen LogP contribution in [0.25, 0.3) is 6.08 Å². The zero-order valence-corrected chi connectivity index (χ0v) is 14.4. The van der Waals surface area contributed by atoms with E-state index in [2.05, 4.69) is 20.9 Å². The Morgan fingerprint density at radius 2 is 2.00 bits per heavy atom. The van der Waals surface area contributed by atoms with Gasteiger partial charge in [-0.25, -0.2) is 0 Å². The van der Waals surface area contributed by atoms with Gasteiger partial charge in [0.05, 0.1) is 4.91 Å². The molecule has 3 rings (SSSR count). The van der Waals surface area contributed by atoms with Crippen LogP contribution in [-0.2, 0) is 11.4 Å². The molecule has 1 amide bonds. The Kier molecular flexibility index (Phi) is 4.83. The number of carbonyl (C=O) groups excluding carboxylic acids is 1. The first-order valence-corrected chi connectivity index (χ1v) is 8.46. The Morgan fingerprint density at radius 1 is 1.22 bits per heavy atom. The largest absolute Gasteiger partial charge is 0.489 e. The molecule has 0 spiro atoms. The zero-order valence-electron chi connectivity index (χ0n) is 12.0. The monoisotopic (exact) mass is 388 g/mol. The average molecular weight is 389 g/mol. The molecule has 0 radical (unpaired) electrons. The van der Waals surface area contributed by atoms with Gasteiger partial charge in [0.15, 0.2) is 5.17 Å². The van der Waals surface area contributed by atoms with Crippen LogP contribution in [0, 0.1) is 0 Å². The van der Waals surface area contributed by atoms with Gasteiger partial charge in [-0.1, -0.05) is 40.2 Å². The van der Waals surface area contributed by atoms with Crippen LogP contribution in [-0.4, -0.2) is 11.1 Å². The molecule has 2 N–H and O–H groups in total. The first kappa shape index (κ1) is 15.8. The standard InChI is InChI=1S/C17H13BrN2O2S/c18-13-6-4-11(5-7-13)10-22-14-3-1-2-12(8-14)9-15-16(21)20-17(19)23-15/h1-9H,10H2,(H2,19,20,21)/b15-9-. The molecule has 0 unspecified atom stereocenters. The lowest BCUT2D eigenvalue weighted by Gasteiger charge is -2.07. The molecular weight excluding hydrogens is 376 g/mol. The summed E-state index contributed by atoms with van der Waals surface area (Å²) in [6.07, 6.45) is 1.77. The number of halogens is 1. The summed E-state index contributed by atoms with van der Waals surface area (Å²) in [5, 5.41) is 0.281. The summed E-state index contributed by atoms with van der Waals surface area (Å²) in [6, 6.07) is 15.5. The van der Waals surface area contributed by atoms with E-state index in [1.165, 1.54) is 11.8 Å². The number of hydrogen-bond acceptors (Lipinski definition) is 4. The lowest BCUT2D eigenvalue weighted by atomic mass is 10.2. The van der Waals surface area contributed by atoms with Crippen LogP contribution < -0.4 is 10.5 Å². The lowest BCUT2D eigenvalue weighted by molar-refractivity contribution is -0.113. The maximum atomic E-state index is 11.6. The highest BCUT2D eigenvalue weighted by Gasteiger charge is 2.19. The van der Waals surface area contributed by atoms with E-state index in [1.54, 1.807) is 6.08 Å². The van der Waals surface area contributed by atoms with Gasteiger partial charge >= 0.3 is 0 Å². The Balaban J connectivity index is 1.69. The summed E-state index contributed by atoms with van der Waals surface area (Å²) in [4.78, 5) is 15.8. The van der Waals surface area contributed by atoms with Crippen LogP contribution in [0.1, 0.15) is 11.1 Å². The van der Waals surface area contributed by atoms with Crippen LogP contribution in [0.2, 0.25) is 0 Å². The molecule has 0 fully saturated rings. The maximum absolute atomic E-state index is 11.6. The van der Waals surface area contributed by atoms with Crippen molar-refractivity contribution in [3.8, 4) is 5.75 Å². The maximum Gasteiger partial charge on any atom is 0.286 e. The van der Waals surface area contributed by atoms with Crippen molar-refractivity contribution in [3.63, 3.8) is 0 Å². The molecule has 23 heavy (non-hydrogen) atoms. The molecule has 6 heteroatoms. The number of amidine groups is 1. The van der Waals surface area contributed by atoms with E-state index < -0.39 is 0 Å². The van der Waals surface area contributed by atoms with Crippen LogP contribution in [0.5, 0.6) is 5.75 Å². The third-order valence-electron chi connectivity index (χ3n) is 3.11. The number of benzene rings is 2. The Bertz CT molecular complexity index is 800. The molecule has 0 saturated carbocycles. The molecule has 0 aliphatic carbocycles. The van der Waals surface area contributed by atoms with Gasteiger partial charge in [0.1, 0.15) is 12.4 Å². The van der Waals surface area contributed by atoms with Gasteiger partial charge in [0.25, 0.3) is 5.91 Å². The first-order chi connectivity index (χ1) is 11.1. The molecule has 2 aromatic rings. The molecule has 0 aromatic heterocycles. The van der Waals surface area contributed by atoms with Gasteiger partial charge in [0.2, 0.25) is 0 Å². The van der Waals surface area contributed by atoms with Crippen molar-refractivity contribution in [1.29, 1.82) is 0 Å². The molecule has 1 heterocycles. The first-order valence-electron chi connectivity index (χ1n) is 6.85. The average Bonchev–Trinajstić information content (AvgIpc) is 2.85. The molecule has 1 aliphatic heterocycles. The zero-order chi connectivity index (χ0) is 16.2. The van der Waals surface area contributed by atoms with Gasteiger partial charge in [-0.2, -0.15) is 4.99 Å². The SMILES string of the molecule is NC1=NC(=O)/C(=C/c2cccc(OCc3ccc(Br)cc3)c2)S1. The van der Waals surface area contributed by atoms with Crippen LogP contribution in [0.15, 0.2) is 62.9 Å². The Morgan fingerprint density at radius 3 is 2.70 bits per heavy atom. The summed E-state index contributed by atoms with van der Waals surface area (Å²) in [5.41, 5.74) is 7.50. The fourth-order valence-electron chi connectivity index (χ4n) is 2.02. The van der Waals surface area contributed by atoms with Gasteiger partial charge < -0.3 is 10.5 Å². The second-order valence-electron chi connectivity index (χ2n) is 4.85. The number of carbonyl (C=O) groups is 1. The number of thioether (sulfide) groups is 1. The van der Waals surface area contributed by atoms with E-state index in [4.69, 9.17) is 10.5 Å². The fraction of sp³-hybridized carbons (Fsp3) is 0.0588. The molecule has 4 nitrogen and oxygen atoms in total. The predicted molar refractivity (Wildman–Crippen MR) is 97.1 cm³/mol. The minimum absolute atomic E-state index is 0.281. The van der Waals surface area contributed by atoms with Crippen molar-refractivity contribution in [2.75, 3.05) is 0 Å². The molecule has 2 aromatic carbocycles. The molecule has 0 atom stereocenters. The number of amides is 1. The van der Waals surface area contributed by atoms with E-state index >= 15 is 0 Å². The number of aliphatic imine (C=N–C) groups is 1. The Hall–Kier alpha value is -2.05. The molecule has 1 aliphatic rings. The van der Waals surface area contributed by atoms with Crippen molar-refractivity contribution in [3.05, 3.63) is 69.0 Å². The van der Waals surface area contributed by atoms with Crippen molar-refractivity contribution in [2.45, 2.75) is 6.61 Å². The van der Waals surface area contributed by atoms with Crippen LogP contribution in [0.4, 0.5) is 0 Å². The van der Waals surface area contributed by atoms with Crippen molar-refractivity contribution in [2.24, 2.45) is 10.7 Å². The summed E-state index contributed by atoms with van der Waals surface area (Å²) in [6.45, 7) is 0.483. The third kappa shape index (κ3) is 4.24. The van der Waals surface area contributed by atoms with Crippen LogP contribution >= 0.6 is 27.7 Å². The highest BCUT2D eigenvalue weighted by molar-refractivity contribution is 9.10. The second kappa shape index (κ2) is 7.02. The normalized spacial score (nSPS) is 15.8. The van der Waals surface area contributed by atoms with E-state index in [1.807, 2.05) is 48.5 Å². The summed E-state index contributed by atoms with van der Waals surface area (Å²) >= 11 is 4.59. The Labute approximate surface area is 146 Å². The summed E-state index contributed by atoms with van der Waals surface area (Å²) < 4.78 is 6.83. The third-order valence-corrected chi connectivity index (χ3v) is 4.45. The van der Waals surface area contributed by atoms with Crippen LogP contribution in [0.3, 0.4) is 0 Å². The smallest absolute Gasteiger partial charge is 0.286 e. The van der Waals surface area contributed by atoms with E-state index in [0.717, 1.165) is 21.3 Å². The predicted octanol–water partition coefficient (Wildman–Crippen LogP) is 3.96.